The van der Waals surface area contributed by atoms with Gasteiger partial charge in [0.2, 0.25) is 0 Å². The summed E-state index contributed by atoms with van der Waals surface area (Å²) in [5.41, 5.74) is 3.24. The number of hydrogen-bond donors (Lipinski definition) is 1. The predicted octanol–water partition coefficient (Wildman–Crippen LogP) is 3.39. The molecule has 2 fully saturated rings. The normalized spacial score (nSPS) is 27.8. The third kappa shape index (κ3) is 2.90. The molecular formula is C19H21FN2O. The second kappa shape index (κ2) is 6.04. The van der Waals surface area contributed by atoms with Crippen LogP contribution >= 0.6 is 0 Å². The van der Waals surface area contributed by atoms with E-state index >= 15 is 0 Å². The maximum atomic E-state index is 13.4. The molecule has 0 amide bonds. The first kappa shape index (κ1) is 14.8. The van der Waals surface area contributed by atoms with Crippen molar-refractivity contribution >= 4 is 0 Å². The summed E-state index contributed by atoms with van der Waals surface area (Å²) in [7, 11) is 2.03. The third-order valence-corrected chi connectivity index (χ3v) is 5.08. The summed E-state index contributed by atoms with van der Waals surface area (Å²) in [4.78, 5) is 5.63. The van der Waals surface area contributed by atoms with Gasteiger partial charge in [0, 0.05) is 31.6 Å². The molecule has 4 rings (SSSR count). The minimum absolute atomic E-state index is 0.198. The SMILES string of the molecule is CN1OC[C@@H]2CN[C@H](c3ccc(-c4cccc(F)c4)cc3)C[C@@H]21. The molecule has 23 heavy (non-hydrogen) atoms. The molecule has 2 aliphatic heterocycles. The second-order valence-electron chi connectivity index (χ2n) is 6.50. The van der Waals surface area contributed by atoms with Crippen LogP contribution in [0, 0.1) is 11.7 Å². The van der Waals surface area contributed by atoms with E-state index in [1.807, 2.05) is 18.2 Å². The fourth-order valence-corrected chi connectivity index (χ4v) is 3.70. The number of rotatable bonds is 2. The van der Waals surface area contributed by atoms with E-state index in [9.17, 15) is 4.39 Å². The molecule has 0 radical (unpaired) electrons. The van der Waals surface area contributed by atoms with E-state index < -0.39 is 0 Å². The summed E-state index contributed by atoms with van der Waals surface area (Å²) in [6, 6.07) is 16.0. The summed E-state index contributed by atoms with van der Waals surface area (Å²) in [6.07, 6.45) is 1.06. The average Bonchev–Trinajstić information content (AvgIpc) is 2.96. The number of benzene rings is 2. The number of nitrogens with zero attached hydrogens (tertiary/aromatic N) is 1. The molecule has 0 spiro atoms. The maximum Gasteiger partial charge on any atom is 0.123 e. The molecule has 1 N–H and O–H groups in total. The lowest BCUT2D eigenvalue weighted by atomic mass is 9.87. The zero-order valence-corrected chi connectivity index (χ0v) is 13.2. The number of hydrogen-bond acceptors (Lipinski definition) is 3. The van der Waals surface area contributed by atoms with Crippen molar-refractivity contribution in [1.82, 2.24) is 10.4 Å². The van der Waals surface area contributed by atoms with Gasteiger partial charge in [0.15, 0.2) is 0 Å². The predicted molar refractivity (Wildman–Crippen MR) is 88.2 cm³/mol. The molecule has 2 aromatic carbocycles. The molecular weight excluding hydrogens is 291 g/mol. The van der Waals surface area contributed by atoms with Crippen molar-refractivity contribution in [2.75, 3.05) is 20.2 Å². The molecule has 4 heteroatoms. The standard InChI is InChI=1S/C19H21FN2O/c1-22-19-10-18(21-11-16(19)12-23-22)14-7-5-13(6-8-14)15-3-2-4-17(20)9-15/h2-9,16,18-19,21H,10-12H2,1H3/t16-,18-,19-/m0/s1. The van der Waals surface area contributed by atoms with Gasteiger partial charge in [-0.25, -0.2) is 4.39 Å². The number of piperidine rings is 1. The smallest absolute Gasteiger partial charge is 0.123 e. The highest BCUT2D eigenvalue weighted by atomic mass is 19.1. The van der Waals surface area contributed by atoms with Crippen molar-refractivity contribution in [3.8, 4) is 11.1 Å². The highest BCUT2D eigenvalue weighted by Crippen LogP contribution is 2.33. The first-order valence-electron chi connectivity index (χ1n) is 8.16. The van der Waals surface area contributed by atoms with Crippen molar-refractivity contribution < 1.29 is 9.23 Å². The monoisotopic (exact) mass is 312 g/mol. The van der Waals surface area contributed by atoms with Crippen LogP contribution in [0.2, 0.25) is 0 Å². The zero-order chi connectivity index (χ0) is 15.8. The summed E-state index contributed by atoms with van der Waals surface area (Å²) in [5.74, 6) is 0.388. The Labute approximate surface area is 136 Å². The molecule has 0 saturated carbocycles. The maximum absolute atomic E-state index is 13.4. The van der Waals surface area contributed by atoms with E-state index in [0.29, 0.717) is 18.0 Å². The van der Waals surface area contributed by atoms with Gasteiger partial charge < -0.3 is 5.32 Å². The molecule has 3 atom stereocenters. The topological polar surface area (TPSA) is 24.5 Å². The molecule has 0 aliphatic carbocycles. The van der Waals surface area contributed by atoms with E-state index in [-0.39, 0.29) is 5.82 Å². The van der Waals surface area contributed by atoms with Gasteiger partial charge in [-0.2, -0.15) is 5.06 Å². The molecule has 2 aliphatic rings. The van der Waals surface area contributed by atoms with E-state index in [0.717, 1.165) is 30.7 Å². The minimum atomic E-state index is -0.198. The first-order valence-corrected chi connectivity index (χ1v) is 8.16. The Kier molecular flexibility index (Phi) is 3.89. The summed E-state index contributed by atoms with van der Waals surface area (Å²) in [6.45, 7) is 1.81. The van der Waals surface area contributed by atoms with Crippen molar-refractivity contribution in [2.45, 2.75) is 18.5 Å². The third-order valence-electron chi connectivity index (χ3n) is 5.08. The second-order valence-corrected chi connectivity index (χ2v) is 6.50. The Morgan fingerprint density at radius 2 is 1.96 bits per heavy atom. The Bertz CT molecular complexity index is 688. The van der Waals surface area contributed by atoms with Crippen LogP contribution in [0.3, 0.4) is 0 Å². The van der Waals surface area contributed by atoms with Gasteiger partial charge in [-0.05, 0) is 35.2 Å². The van der Waals surface area contributed by atoms with Gasteiger partial charge in [0.05, 0.1) is 6.61 Å². The zero-order valence-electron chi connectivity index (χ0n) is 13.2. The number of fused-ring (bicyclic) bond motifs is 1. The van der Waals surface area contributed by atoms with E-state index in [1.54, 1.807) is 12.1 Å². The fraction of sp³-hybridized carbons (Fsp3) is 0.368. The van der Waals surface area contributed by atoms with Crippen LogP contribution < -0.4 is 5.32 Å². The minimum Gasteiger partial charge on any atom is -0.309 e. The van der Waals surface area contributed by atoms with Gasteiger partial charge in [-0.15, -0.1) is 0 Å². The van der Waals surface area contributed by atoms with Crippen LogP contribution in [0.1, 0.15) is 18.0 Å². The molecule has 0 bridgehead atoms. The molecule has 0 aromatic heterocycles. The molecule has 2 aromatic rings. The molecule has 0 unspecified atom stereocenters. The number of hydroxylamine groups is 2. The molecule has 2 saturated heterocycles. The fourth-order valence-electron chi connectivity index (χ4n) is 3.70. The highest BCUT2D eigenvalue weighted by molar-refractivity contribution is 5.63. The number of halogens is 1. The van der Waals surface area contributed by atoms with Crippen molar-refractivity contribution in [3.63, 3.8) is 0 Å². The van der Waals surface area contributed by atoms with Crippen molar-refractivity contribution in [3.05, 3.63) is 59.9 Å². The van der Waals surface area contributed by atoms with E-state index in [4.69, 9.17) is 4.84 Å². The van der Waals surface area contributed by atoms with Crippen LogP contribution in [-0.4, -0.2) is 31.3 Å². The summed E-state index contributed by atoms with van der Waals surface area (Å²) >= 11 is 0. The van der Waals surface area contributed by atoms with Gasteiger partial charge >= 0.3 is 0 Å². The first-order chi connectivity index (χ1) is 11.2. The summed E-state index contributed by atoms with van der Waals surface area (Å²) < 4.78 is 13.4. The largest absolute Gasteiger partial charge is 0.309 e. The molecule has 2 heterocycles. The van der Waals surface area contributed by atoms with Gasteiger partial charge in [0.1, 0.15) is 5.82 Å². The van der Waals surface area contributed by atoms with Crippen molar-refractivity contribution in [2.24, 2.45) is 5.92 Å². The lowest BCUT2D eigenvalue weighted by Crippen LogP contribution is -2.44. The quantitative estimate of drug-likeness (QED) is 0.920. The van der Waals surface area contributed by atoms with E-state index in [1.165, 1.54) is 11.6 Å². The Morgan fingerprint density at radius 3 is 2.74 bits per heavy atom. The van der Waals surface area contributed by atoms with Gasteiger partial charge in [-0.1, -0.05) is 36.4 Å². The number of nitrogens with one attached hydrogen (secondary N) is 1. The molecule has 3 nitrogen and oxygen atoms in total. The molecule has 120 valence electrons. The van der Waals surface area contributed by atoms with Gasteiger partial charge in [-0.3, -0.25) is 4.84 Å². The lowest BCUT2D eigenvalue weighted by Gasteiger charge is -2.34. The Morgan fingerprint density at radius 1 is 1.13 bits per heavy atom. The Hall–Kier alpha value is -1.75. The lowest BCUT2D eigenvalue weighted by molar-refractivity contribution is -0.112. The van der Waals surface area contributed by atoms with Crippen LogP contribution in [0.4, 0.5) is 4.39 Å². The van der Waals surface area contributed by atoms with Crippen molar-refractivity contribution in [1.29, 1.82) is 0 Å². The van der Waals surface area contributed by atoms with Crippen LogP contribution in [-0.2, 0) is 4.84 Å². The average molecular weight is 312 g/mol. The van der Waals surface area contributed by atoms with Crippen LogP contribution in [0.15, 0.2) is 48.5 Å². The highest BCUT2D eigenvalue weighted by Gasteiger charge is 2.38. The van der Waals surface area contributed by atoms with Crippen LogP contribution in [0.5, 0.6) is 0 Å². The Balaban J connectivity index is 1.52. The van der Waals surface area contributed by atoms with Crippen LogP contribution in [0.25, 0.3) is 11.1 Å². The van der Waals surface area contributed by atoms with Gasteiger partial charge in [0.25, 0.3) is 0 Å². The summed E-state index contributed by atoms with van der Waals surface area (Å²) in [5, 5.41) is 5.64. The van der Waals surface area contributed by atoms with E-state index in [2.05, 4.69) is 29.6 Å².